The fourth-order valence-corrected chi connectivity index (χ4v) is 5.67. The fourth-order valence-electron chi connectivity index (χ4n) is 3.38. The number of carbonyl (C=O) groups is 1. The molecule has 7 nitrogen and oxygen atoms in total. The van der Waals surface area contributed by atoms with E-state index in [0.717, 1.165) is 16.0 Å². The minimum atomic E-state index is -0.0826. The van der Waals surface area contributed by atoms with Gasteiger partial charge in [-0.05, 0) is 35.4 Å². The summed E-state index contributed by atoms with van der Waals surface area (Å²) >= 11 is 4.31. The predicted octanol–water partition coefficient (Wildman–Crippen LogP) is 3.93. The molecule has 0 unspecified atom stereocenters. The third-order valence-electron chi connectivity index (χ3n) is 5.02. The molecular formula is C22H19N5O2S3. The van der Waals surface area contributed by atoms with Gasteiger partial charge in [0.1, 0.15) is 4.70 Å². The molecule has 0 fully saturated rings. The number of hydrogen-bond donors (Lipinski definition) is 1. The van der Waals surface area contributed by atoms with E-state index < -0.39 is 0 Å². The predicted molar refractivity (Wildman–Crippen MR) is 130 cm³/mol. The molecule has 32 heavy (non-hydrogen) atoms. The highest BCUT2D eigenvalue weighted by molar-refractivity contribution is 7.99. The van der Waals surface area contributed by atoms with Crippen molar-refractivity contribution in [3.63, 3.8) is 0 Å². The largest absolute Gasteiger partial charge is 0.351 e. The average molecular weight is 482 g/mol. The fraction of sp³-hybridized carbons (Fsp3) is 0.182. The summed E-state index contributed by atoms with van der Waals surface area (Å²) in [6.45, 7) is 2.95. The third kappa shape index (κ3) is 4.08. The Balaban J connectivity index is 1.39. The molecule has 0 bridgehead atoms. The van der Waals surface area contributed by atoms with Crippen LogP contribution in [0.25, 0.3) is 16.0 Å². The van der Waals surface area contributed by atoms with E-state index in [4.69, 9.17) is 0 Å². The molecule has 5 rings (SSSR count). The van der Waals surface area contributed by atoms with E-state index in [1.165, 1.54) is 28.7 Å². The van der Waals surface area contributed by atoms with E-state index in [9.17, 15) is 9.59 Å². The van der Waals surface area contributed by atoms with E-state index in [1.54, 1.807) is 15.9 Å². The monoisotopic (exact) mass is 481 g/mol. The van der Waals surface area contributed by atoms with Crippen molar-refractivity contribution in [2.45, 2.75) is 25.2 Å². The summed E-state index contributed by atoms with van der Waals surface area (Å²) in [5, 5.41) is 16.0. The zero-order valence-corrected chi connectivity index (χ0v) is 19.6. The summed E-state index contributed by atoms with van der Waals surface area (Å²) < 4.78 is 4.18. The van der Waals surface area contributed by atoms with E-state index in [-0.39, 0.29) is 17.2 Å². The van der Waals surface area contributed by atoms with Crippen molar-refractivity contribution in [3.8, 4) is 0 Å². The molecule has 4 aromatic heterocycles. The molecule has 0 aliphatic carbocycles. The van der Waals surface area contributed by atoms with E-state index >= 15 is 0 Å². The molecule has 4 heterocycles. The molecule has 0 atom stereocenters. The van der Waals surface area contributed by atoms with Gasteiger partial charge in [-0.1, -0.05) is 47.7 Å². The van der Waals surface area contributed by atoms with Crippen LogP contribution in [0, 0.1) is 6.92 Å². The number of carbonyl (C=O) groups excluding carboxylic acids is 1. The van der Waals surface area contributed by atoms with Gasteiger partial charge in [-0.15, -0.1) is 32.9 Å². The highest BCUT2D eigenvalue weighted by Gasteiger charge is 2.19. The van der Waals surface area contributed by atoms with Gasteiger partial charge in [-0.3, -0.25) is 18.6 Å². The van der Waals surface area contributed by atoms with Crippen LogP contribution in [0.2, 0.25) is 0 Å². The van der Waals surface area contributed by atoms with Gasteiger partial charge in [0.15, 0.2) is 5.16 Å². The van der Waals surface area contributed by atoms with E-state index in [0.29, 0.717) is 28.7 Å². The van der Waals surface area contributed by atoms with Crippen LogP contribution in [0.1, 0.15) is 16.0 Å². The Morgan fingerprint density at radius 1 is 1.09 bits per heavy atom. The Hall–Kier alpha value is -2.95. The van der Waals surface area contributed by atoms with Crippen LogP contribution in [-0.2, 0) is 17.9 Å². The standard InChI is InChI=1S/C22H19N5O2S3/c1-14-4-6-15(7-5-14)11-23-18(28)13-32-22-25-24-21-26(12-16-3-2-9-30-16)20(29)19-17(27(21)22)8-10-31-19/h2-10H,11-13H2,1H3,(H,23,28). The summed E-state index contributed by atoms with van der Waals surface area (Å²) in [5.41, 5.74) is 2.94. The zero-order valence-electron chi connectivity index (χ0n) is 17.1. The summed E-state index contributed by atoms with van der Waals surface area (Å²) in [5.74, 6) is 0.611. The minimum Gasteiger partial charge on any atom is -0.351 e. The Kier molecular flexibility index (Phi) is 5.81. The lowest BCUT2D eigenvalue weighted by Crippen LogP contribution is -2.25. The van der Waals surface area contributed by atoms with Crippen LogP contribution in [0.4, 0.5) is 0 Å². The lowest BCUT2D eigenvalue weighted by molar-refractivity contribution is -0.118. The van der Waals surface area contributed by atoms with Gasteiger partial charge in [0.05, 0.1) is 17.8 Å². The molecule has 1 N–H and O–H groups in total. The first-order valence-electron chi connectivity index (χ1n) is 9.93. The number of fused-ring (bicyclic) bond motifs is 3. The van der Waals surface area contributed by atoms with Crippen LogP contribution in [0.15, 0.2) is 63.2 Å². The van der Waals surface area contributed by atoms with Crippen molar-refractivity contribution in [3.05, 3.63) is 79.6 Å². The number of amides is 1. The summed E-state index contributed by atoms with van der Waals surface area (Å²) in [4.78, 5) is 26.6. The van der Waals surface area contributed by atoms with Crippen LogP contribution in [0.3, 0.4) is 0 Å². The Morgan fingerprint density at radius 2 is 1.94 bits per heavy atom. The topological polar surface area (TPSA) is 81.3 Å². The Bertz CT molecular complexity index is 1450. The molecule has 0 saturated heterocycles. The molecule has 0 spiro atoms. The van der Waals surface area contributed by atoms with Gasteiger partial charge in [0, 0.05) is 11.4 Å². The summed E-state index contributed by atoms with van der Waals surface area (Å²) in [6.07, 6.45) is 0. The molecule has 0 aliphatic rings. The van der Waals surface area contributed by atoms with Crippen molar-refractivity contribution in [2.75, 3.05) is 5.75 Å². The van der Waals surface area contributed by atoms with Crippen LogP contribution in [-0.4, -0.2) is 30.8 Å². The number of thioether (sulfide) groups is 1. The van der Waals surface area contributed by atoms with Crippen molar-refractivity contribution >= 4 is 56.3 Å². The maximum Gasteiger partial charge on any atom is 0.273 e. The van der Waals surface area contributed by atoms with E-state index in [2.05, 4.69) is 15.5 Å². The first-order valence-corrected chi connectivity index (χ1v) is 12.7. The molecular weight excluding hydrogens is 462 g/mol. The number of nitrogens with one attached hydrogen (secondary N) is 1. The Morgan fingerprint density at radius 3 is 2.72 bits per heavy atom. The van der Waals surface area contributed by atoms with Crippen molar-refractivity contribution in [1.29, 1.82) is 0 Å². The molecule has 10 heteroatoms. The second-order valence-electron chi connectivity index (χ2n) is 7.27. The first kappa shape index (κ1) is 20.9. The molecule has 5 aromatic rings. The lowest BCUT2D eigenvalue weighted by Gasteiger charge is -2.08. The van der Waals surface area contributed by atoms with Gasteiger partial charge < -0.3 is 5.32 Å². The smallest absolute Gasteiger partial charge is 0.273 e. The Labute approximate surface area is 195 Å². The van der Waals surface area contributed by atoms with Crippen LogP contribution >= 0.6 is 34.4 Å². The molecule has 0 radical (unpaired) electrons. The van der Waals surface area contributed by atoms with Gasteiger partial charge in [0.25, 0.3) is 5.56 Å². The SMILES string of the molecule is Cc1ccc(CNC(=O)CSc2nnc3n(Cc4cccs4)c(=O)c4sccc4n23)cc1. The van der Waals surface area contributed by atoms with Gasteiger partial charge >= 0.3 is 0 Å². The molecule has 0 saturated carbocycles. The quantitative estimate of drug-likeness (QED) is 0.356. The first-order chi connectivity index (χ1) is 15.6. The lowest BCUT2D eigenvalue weighted by atomic mass is 10.1. The molecule has 1 aromatic carbocycles. The van der Waals surface area contributed by atoms with Crippen molar-refractivity contribution < 1.29 is 4.79 Å². The molecule has 0 aliphatic heterocycles. The van der Waals surface area contributed by atoms with Crippen molar-refractivity contribution in [1.82, 2.24) is 24.5 Å². The minimum absolute atomic E-state index is 0.0734. The van der Waals surface area contributed by atoms with Crippen LogP contribution < -0.4 is 10.9 Å². The number of benzene rings is 1. The van der Waals surface area contributed by atoms with Gasteiger partial charge in [-0.25, -0.2) is 0 Å². The highest BCUT2D eigenvalue weighted by atomic mass is 32.2. The van der Waals surface area contributed by atoms with Crippen molar-refractivity contribution in [2.24, 2.45) is 0 Å². The van der Waals surface area contributed by atoms with E-state index in [1.807, 2.05) is 64.5 Å². The number of aryl methyl sites for hydroxylation is 1. The third-order valence-corrected chi connectivity index (χ3v) is 7.70. The zero-order chi connectivity index (χ0) is 22.1. The second kappa shape index (κ2) is 8.89. The van der Waals surface area contributed by atoms with Gasteiger partial charge in [-0.2, -0.15) is 0 Å². The molecule has 1 amide bonds. The average Bonchev–Trinajstić information content (AvgIpc) is 3.55. The highest BCUT2D eigenvalue weighted by Crippen LogP contribution is 2.25. The summed E-state index contributed by atoms with van der Waals surface area (Å²) in [7, 11) is 0. The summed E-state index contributed by atoms with van der Waals surface area (Å²) in [6, 6.07) is 13.9. The normalized spacial score (nSPS) is 11.4. The second-order valence-corrected chi connectivity index (χ2v) is 10.2. The maximum absolute atomic E-state index is 13.1. The molecule has 162 valence electrons. The number of hydrogen-bond acceptors (Lipinski definition) is 7. The maximum atomic E-state index is 13.1. The number of nitrogens with zero attached hydrogens (tertiary/aromatic N) is 4. The van der Waals surface area contributed by atoms with Gasteiger partial charge in [0.2, 0.25) is 11.7 Å². The number of aromatic nitrogens is 4. The number of thiophene rings is 2. The number of rotatable bonds is 7. The van der Waals surface area contributed by atoms with Crippen LogP contribution in [0.5, 0.6) is 0 Å².